The summed E-state index contributed by atoms with van der Waals surface area (Å²) < 4.78 is 13.5. The molecule has 1 aliphatic heterocycles. The normalized spacial score (nSPS) is 15.4. The number of benzene rings is 1. The van der Waals surface area contributed by atoms with Gasteiger partial charge in [0.15, 0.2) is 0 Å². The number of imidazole rings is 1. The second kappa shape index (κ2) is 9.79. The molecule has 1 fully saturated rings. The van der Waals surface area contributed by atoms with Gasteiger partial charge in [0.1, 0.15) is 29.4 Å². The molecule has 0 spiro atoms. The molecule has 0 bridgehead atoms. The second-order valence-corrected chi connectivity index (χ2v) is 8.68. The molecule has 4 heterocycles. The van der Waals surface area contributed by atoms with Gasteiger partial charge in [-0.2, -0.15) is 0 Å². The van der Waals surface area contributed by atoms with E-state index in [1.807, 2.05) is 51.9 Å². The van der Waals surface area contributed by atoms with E-state index in [2.05, 4.69) is 20.3 Å². The average molecular weight is 493 g/mol. The molecule has 1 aromatic carbocycles. The molecule has 3 aromatic heterocycles. The molecule has 1 atom stereocenters. The molecule has 0 saturated carbocycles. The summed E-state index contributed by atoms with van der Waals surface area (Å²) in [7, 11) is 1.59. The van der Waals surface area contributed by atoms with Crippen LogP contribution in [0.15, 0.2) is 55.0 Å². The van der Waals surface area contributed by atoms with Crippen molar-refractivity contribution in [2.45, 2.75) is 25.8 Å². The quantitative estimate of drug-likeness (QED) is 0.403. The minimum Gasteiger partial charge on any atom is -0.495 e. The molecule has 5 rings (SSSR count). The van der Waals surface area contributed by atoms with Gasteiger partial charge in [0.25, 0.3) is 0 Å². The van der Waals surface area contributed by atoms with Crippen molar-refractivity contribution in [2.75, 3.05) is 25.6 Å². The summed E-state index contributed by atoms with van der Waals surface area (Å²) in [6.07, 6.45) is 7.12. The van der Waals surface area contributed by atoms with Crippen molar-refractivity contribution >= 4 is 34.8 Å². The molecular weight excluding hydrogens is 468 g/mol. The van der Waals surface area contributed by atoms with Crippen molar-refractivity contribution in [3.8, 4) is 22.9 Å². The lowest BCUT2D eigenvalue weighted by molar-refractivity contribution is -0.130. The van der Waals surface area contributed by atoms with Crippen LogP contribution in [0, 0.1) is 0 Å². The second-order valence-electron chi connectivity index (χ2n) is 8.27. The topological polar surface area (TPSA) is 93.9 Å². The number of fused-ring (bicyclic) bond motifs is 1. The molecule has 1 saturated heterocycles. The van der Waals surface area contributed by atoms with Crippen molar-refractivity contribution < 1.29 is 14.3 Å². The highest BCUT2D eigenvalue weighted by Gasteiger charge is 2.27. The van der Waals surface area contributed by atoms with Crippen LogP contribution in [0.5, 0.6) is 11.5 Å². The number of pyridine rings is 1. The molecule has 0 aliphatic carbocycles. The van der Waals surface area contributed by atoms with E-state index in [9.17, 15) is 4.79 Å². The first-order valence-electron chi connectivity index (χ1n) is 11.3. The molecule has 180 valence electrons. The van der Waals surface area contributed by atoms with Crippen LogP contribution in [0.1, 0.15) is 19.8 Å². The van der Waals surface area contributed by atoms with Gasteiger partial charge in [-0.1, -0.05) is 17.7 Å². The van der Waals surface area contributed by atoms with Gasteiger partial charge in [-0.25, -0.2) is 15.0 Å². The average Bonchev–Trinajstić information content (AvgIpc) is 3.51. The Morgan fingerprint density at radius 2 is 2.11 bits per heavy atom. The third-order valence-electron chi connectivity index (χ3n) is 6.05. The highest BCUT2D eigenvalue weighted by atomic mass is 35.5. The first-order chi connectivity index (χ1) is 17.0. The van der Waals surface area contributed by atoms with Crippen molar-refractivity contribution in [3.05, 3.63) is 60.0 Å². The smallest absolute Gasteiger partial charge is 0.227 e. The number of hydrogen-bond acceptors (Lipinski definition) is 7. The Bertz CT molecular complexity index is 1370. The standard InChI is InChI=1S/C25H25ClN6O3/c1-16(33)31-11-5-6-17(31)15-35-18-8-9-22(34-2)20(12-18)29-25-28-13-19(26)24(30-25)21-14-27-23-7-3-4-10-32(21)23/h3-4,7-10,12-14,17H,5-6,11,15H2,1-2H3,(H,28,29,30)/t17-/m1/s1. The first-order valence-corrected chi connectivity index (χ1v) is 11.7. The third kappa shape index (κ3) is 4.72. The lowest BCUT2D eigenvalue weighted by atomic mass is 10.2. The monoisotopic (exact) mass is 492 g/mol. The van der Waals surface area contributed by atoms with E-state index in [-0.39, 0.29) is 11.9 Å². The van der Waals surface area contributed by atoms with Gasteiger partial charge in [0.2, 0.25) is 11.9 Å². The van der Waals surface area contributed by atoms with Crippen molar-refractivity contribution in [3.63, 3.8) is 0 Å². The summed E-state index contributed by atoms with van der Waals surface area (Å²) in [5, 5.41) is 3.63. The molecule has 4 aromatic rings. The van der Waals surface area contributed by atoms with Crippen LogP contribution < -0.4 is 14.8 Å². The minimum absolute atomic E-state index is 0.0786. The Morgan fingerprint density at radius 3 is 2.94 bits per heavy atom. The Labute approximate surface area is 207 Å². The van der Waals surface area contributed by atoms with E-state index in [0.29, 0.717) is 40.5 Å². The molecular formula is C25H25ClN6O3. The van der Waals surface area contributed by atoms with E-state index >= 15 is 0 Å². The largest absolute Gasteiger partial charge is 0.495 e. The van der Waals surface area contributed by atoms with Crippen LogP contribution in [-0.4, -0.2) is 56.5 Å². The van der Waals surface area contributed by atoms with Crippen LogP contribution in [0.25, 0.3) is 17.0 Å². The van der Waals surface area contributed by atoms with Gasteiger partial charge in [-0.15, -0.1) is 0 Å². The maximum absolute atomic E-state index is 11.8. The number of methoxy groups -OCH3 is 1. The van der Waals surface area contributed by atoms with Crippen molar-refractivity contribution in [2.24, 2.45) is 0 Å². The molecule has 1 aliphatic rings. The minimum atomic E-state index is 0.0786. The number of nitrogens with zero attached hydrogens (tertiary/aromatic N) is 5. The van der Waals surface area contributed by atoms with Crippen molar-refractivity contribution in [1.82, 2.24) is 24.3 Å². The van der Waals surface area contributed by atoms with E-state index in [1.165, 1.54) is 0 Å². The lowest BCUT2D eigenvalue weighted by Gasteiger charge is -2.23. The Morgan fingerprint density at radius 1 is 1.23 bits per heavy atom. The van der Waals surface area contributed by atoms with Gasteiger partial charge in [-0.3, -0.25) is 9.20 Å². The molecule has 0 radical (unpaired) electrons. The lowest BCUT2D eigenvalue weighted by Crippen LogP contribution is -2.37. The van der Waals surface area contributed by atoms with Crippen LogP contribution in [-0.2, 0) is 4.79 Å². The van der Waals surface area contributed by atoms with Crippen LogP contribution >= 0.6 is 11.6 Å². The van der Waals surface area contributed by atoms with E-state index in [0.717, 1.165) is 30.7 Å². The highest BCUT2D eigenvalue weighted by Crippen LogP contribution is 2.33. The number of halogens is 1. The van der Waals surface area contributed by atoms with Crippen LogP contribution in [0.4, 0.5) is 11.6 Å². The molecule has 9 nitrogen and oxygen atoms in total. The fourth-order valence-corrected chi connectivity index (χ4v) is 4.51. The fraction of sp³-hybridized carbons (Fsp3) is 0.280. The van der Waals surface area contributed by atoms with E-state index in [4.69, 9.17) is 21.1 Å². The van der Waals surface area contributed by atoms with E-state index in [1.54, 1.807) is 26.4 Å². The zero-order valence-corrected chi connectivity index (χ0v) is 20.2. The number of anilines is 2. The highest BCUT2D eigenvalue weighted by molar-refractivity contribution is 6.32. The maximum Gasteiger partial charge on any atom is 0.227 e. The van der Waals surface area contributed by atoms with Crippen molar-refractivity contribution in [1.29, 1.82) is 0 Å². The maximum atomic E-state index is 11.8. The number of aromatic nitrogens is 4. The molecule has 1 amide bonds. The number of carbonyl (C=O) groups is 1. The number of amides is 1. The third-order valence-corrected chi connectivity index (χ3v) is 6.32. The number of rotatable bonds is 7. The van der Waals surface area contributed by atoms with Gasteiger partial charge >= 0.3 is 0 Å². The first kappa shape index (κ1) is 22.9. The number of likely N-dealkylation sites (tertiary alicyclic amines) is 1. The Kier molecular flexibility index (Phi) is 6.41. The zero-order valence-electron chi connectivity index (χ0n) is 19.4. The number of nitrogens with one attached hydrogen (secondary N) is 1. The molecule has 10 heteroatoms. The molecule has 35 heavy (non-hydrogen) atoms. The number of ether oxygens (including phenoxy) is 2. The van der Waals surface area contributed by atoms with Gasteiger partial charge in [0, 0.05) is 25.7 Å². The van der Waals surface area contributed by atoms with Gasteiger partial charge < -0.3 is 19.7 Å². The zero-order chi connectivity index (χ0) is 24.4. The molecule has 0 unspecified atom stereocenters. The number of carbonyl (C=O) groups excluding carboxylic acids is 1. The fourth-order valence-electron chi connectivity index (χ4n) is 4.33. The van der Waals surface area contributed by atoms with Gasteiger partial charge in [0.05, 0.1) is 41.9 Å². The summed E-state index contributed by atoms with van der Waals surface area (Å²) in [6.45, 7) is 2.81. The predicted molar refractivity (Wildman–Crippen MR) is 133 cm³/mol. The summed E-state index contributed by atoms with van der Waals surface area (Å²) in [4.78, 5) is 27.1. The van der Waals surface area contributed by atoms with Crippen LogP contribution in [0.2, 0.25) is 5.02 Å². The van der Waals surface area contributed by atoms with Crippen LogP contribution in [0.3, 0.4) is 0 Å². The summed E-state index contributed by atoms with van der Waals surface area (Å²) in [5.41, 5.74) is 2.75. The Balaban J connectivity index is 1.39. The predicted octanol–water partition coefficient (Wildman–Crippen LogP) is 4.59. The summed E-state index contributed by atoms with van der Waals surface area (Å²) in [5.74, 6) is 1.69. The Hall–Kier alpha value is -3.85. The summed E-state index contributed by atoms with van der Waals surface area (Å²) >= 11 is 6.45. The van der Waals surface area contributed by atoms with Gasteiger partial charge in [-0.05, 0) is 37.1 Å². The number of hydrogen-bond donors (Lipinski definition) is 1. The summed E-state index contributed by atoms with van der Waals surface area (Å²) in [6, 6.07) is 11.3. The SMILES string of the molecule is COc1ccc(OC[C@H]2CCCN2C(C)=O)cc1Nc1ncc(Cl)c(-c2cnc3ccccn23)n1. The molecule has 1 N–H and O–H groups in total. The van der Waals surface area contributed by atoms with E-state index < -0.39 is 0 Å².